The molecule has 12 nitrogen and oxygen atoms in total. The Morgan fingerprint density at radius 1 is 0.592 bits per heavy atom. The summed E-state index contributed by atoms with van der Waals surface area (Å²) < 4.78 is 37.8. The SMILES string of the molecule is C=CC(=O)CCOc1cc(C(=O)Oc2ccc(OC(=O)c3ccc(OCOC(=O)C=C)c(C)c3)c(C)c2C)cc(C)c1OCOC(=O)C=C. The summed E-state index contributed by atoms with van der Waals surface area (Å²) in [6.45, 7) is 16.1. The van der Waals surface area contributed by atoms with E-state index in [1.54, 1.807) is 39.8 Å². The molecule has 0 saturated carbocycles. The fraction of sp³-hybridized carbons (Fsp3) is 0.216. The van der Waals surface area contributed by atoms with Crippen LogP contribution in [0.2, 0.25) is 0 Å². The number of rotatable bonds is 17. The number of allylic oxidation sites excluding steroid dienone is 1. The van der Waals surface area contributed by atoms with Gasteiger partial charge in [0.2, 0.25) is 13.6 Å². The molecule has 12 heteroatoms. The van der Waals surface area contributed by atoms with Gasteiger partial charge in [-0.3, -0.25) is 4.79 Å². The van der Waals surface area contributed by atoms with Crippen LogP contribution in [0.4, 0.5) is 0 Å². The van der Waals surface area contributed by atoms with Gasteiger partial charge in [0, 0.05) is 18.6 Å². The van der Waals surface area contributed by atoms with Gasteiger partial charge < -0.3 is 33.2 Å². The molecule has 256 valence electrons. The van der Waals surface area contributed by atoms with Crippen molar-refractivity contribution in [3.8, 4) is 28.7 Å². The predicted molar refractivity (Wildman–Crippen MR) is 177 cm³/mol. The second kappa shape index (κ2) is 17.7. The predicted octanol–water partition coefficient (Wildman–Crippen LogP) is 6.01. The maximum absolute atomic E-state index is 13.3. The topological polar surface area (TPSA) is 150 Å². The summed E-state index contributed by atoms with van der Waals surface area (Å²) in [7, 11) is 0. The highest BCUT2D eigenvalue weighted by Crippen LogP contribution is 2.35. The lowest BCUT2D eigenvalue weighted by molar-refractivity contribution is -0.145. The zero-order valence-corrected chi connectivity index (χ0v) is 27.6. The lowest BCUT2D eigenvalue weighted by Crippen LogP contribution is -2.14. The summed E-state index contributed by atoms with van der Waals surface area (Å²) >= 11 is 0. The van der Waals surface area contributed by atoms with E-state index in [9.17, 15) is 24.0 Å². The van der Waals surface area contributed by atoms with E-state index in [0.717, 1.165) is 12.2 Å². The molecular weight excluding hydrogens is 636 g/mol. The van der Waals surface area contributed by atoms with Gasteiger partial charge in [0.15, 0.2) is 17.3 Å². The number of carbonyl (C=O) groups excluding carboxylic acids is 5. The number of carbonyl (C=O) groups is 5. The number of esters is 4. The Hall–Kier alpha value is -6.17. The van der Waals surface area contributed by atoms with Crippen LogP contribution in [0, 0.1) is 27.7 Å². The molecule has 0 heterocycles. The van der Waals surface area contributed by atoms with Crippen molar-refractivity contribution in [2.45, 2.75) is 34.1 Å². The van der Waals surface area contributed by atoms with Crippen molar-refractivity contribution in [2.75, 3.05) is 20.2 Å². The Labute approximate surface area is 283 Å². The van der Waals surface area contributed by atoms with Crippen molar-refractivity contribution in [1.29, 1.82) is 0 Å². The van der Waals surface area contributed by atoms with E-state index in [-0.39, 0.29) is 59.7 Å². The van der Waals surface area contributed by atoms with Gasteiger partial charge >= 0.3 is 23.9 Å². The molecule has 0 saturated heterocycles. The quantitative estimate of drug-likeness (QED) is 0.0715. The summed E-state index contributed by atoms with van der Waals surface area (Å²) in [5.41, 5.74) is 2.57. The van der Waals surface area contributed by atoms with Crippen LogP contribution in [0.15, 0.2) is 80.4 Å². The average Bonchev–Trinajstić information content (AvgIpc) is 3.08. The molecule has 3 rings (SSSR count). The molecule has 0 radical (unpaired) electrons. The number of ether oxygens (including phenoxy) is 7. The Balaban J connectivity index is 1.75. The van der Waals surface area contributed by atoms with Crippen molar-refractivity contribution in [3.05, 3.63) is 114 Å². The van der Waals surface area contributed by atoms with Gasteiger partial charge in [0.25, 0.3) is 0 Å². The van der Waals surface area contributed by atoms with E-state index in [1.165, 1.54) is 36.4 Å². The molecule has 0 aliphatic rings. The first-order chi connectivity index (χ1) is 23.4. The normalized spacial score (nSPS) is 10.2. The third-order valence-corrected chi connectivity index (χ3v) is 6.97. The molecule has 0 amide bonds. The van der Waals surface area contributed by atoms with Crippen molar-refractivity contribution in [3.63, 3.8) is 0 Å². The minimum absolute atomic E-state index is 0.0329. The standard InChI is InChI=1S/C37H36O12/c1-8-28(38)15-16-43-32-19-27(18-23(5)35(32)47-21-46-34(40)10-3)37(42)49-31-14-13-30(24(6)25(31)7)48-36(41)26-11-12-29(22(4)17-26)44-20-45-33(39)9-2/h8-14,17-19H,1-3,15-16,20-21H2,4-7H3. The third kappa shape index (κ3) is 10.4. The van der Waals surface area contributed by atoms with Crippen molar-refractivity contribution in [1.82, 2.24) is 0 Å². The fourth-order valence-corrected chi connectivity index (χ4v) is 4.18. The fourth-order valence-electron chi connectivity index (χ4n) is 4.18. The first-order valence-electron chi connectivity index (χ1n) is 14.8. The van der Waals surface area contributed by atoms with E-state index in [2.05, 4.69) is 19.7 Å². The maximum atomic E-state index is 13.3. The van der Waals surface area contributed by atoms with Crippen LogP contribution in [0.5, 0.6) is 28.7 Å². The molecule has 0 aromatic heterocycles. The van der Waals surface area contributed by atoms with Crippen LogP contribution in [0.3, 0.4) is 0 Å². The molecule has 0 N–H and O–H groups in total. The summed E-state index contributed by atoms with van der Waals surface area (Å²) in [5, 5.41) is 0. The molecule has 0 aliphatic heterocycles. The van der Waals surface area contributed by atoms with E-state index in [0.29, 0.717) is 28.0 Å². The minimum atomic E-state index is -0.718. The molecule has 0 fully saturated rings. The van der Waals surface area contributed by atoms with Gasteiger partial charge in [-0.05, 0) is 98.5 Å². The van der Waals surface area contributed by atoms with Crippen molar-refractivity contribution >= 4 is 29.7 Å². The average molecular weight is 673 g/mol. The van der Waals surface area contributed by atoms with Gasteiger partial charge in [-0.2, -0.15) is 0 Å². The largest absolute Gasteiger partial charge is 0.489 e. The number of hydrogen-bond donors (Lipinski definition) is 0. The zero-order chi connectivity index (χ0) is 36.1. The second-order valence-electron chi connectivity index (χ2n) is 10.3. The van der Waals surface area contributed by atoms with Crippen LogP contribution in [0.1, 0.15) is 49.4 Å². The molecular formula is C37H36O12. The number of benzene rings is 3. The molecule has 0 unspecified atom stereocenters. The van der Waals surface area contributed by atoms with Crippen LogP contribution in [-0.4, -0.2) is 49.9 Å². The minimum Gasteiger partial charge on any atom is -0.489 e. The van der Waals surface area contributed by atoms with Gasteiger partial charge in [0.1, 0.15) is 17.2 Å². The highest BCUT2D eigenvalue weighted by Gasteiger charge is 2.20. The number of hydrogen-bond acceptors (Lipinski definition) is 12. The summed E-state index contributed by atoms with van der Waals surface area (Å²) in [6, 6.07) is 10.6. The van der Waals surface area contributed by atoms with Crippen LogP contribution < -0.4 is 23.7 Å². The van der Waals surface area contributed by atoms with Crippen LogP contribution >= 0.6 is 0 Å². The maximum Gasteiger partial charge on any atom is 0.343 e. The molecule has 0 bridgehead atoms. The van der Waals surface area contributed by atoms with E-state index >= 15 is 0 Å². The molecule has 0 aliphatic carbocycles. The first kappa shape index (κ1) is 37.3. The lowest BCUT2D eigenvalue weighted by atomic mass is 10.1. The van der Waals surface area contributed by atoms with Gasteiger partial charge in [-0.25, -0.2) is 19.2 Å². The number of ketones is 1. The Morgan fingerprint density at radius 2 is 1.12 bits per heavy atom. The first-order valence-corrected chi connectivity index (χ1v) is 14.8. The van der Waals surface area contributed by atoms with E-state index in [1.807, 2.05) is 0 Å². The van der Waals surface area contributed by atoms with E-state index < -0.39 is 30.7 Å². The highest BCUT2D eigenvalue weighted by atomic mass is 16.7. The molecule has 0 atom stereocenters. The van der Waals surface area contributed by atoms with Crippen molar-refractivity contribution < 1.29 is 57.1 Å². The highest BCUT2D eigenvalue weighted by molar-refractivity contribution is 5.93. The Bertz CT molecular complexity index is 1790. The van der Waals surface area contributed by atoms with Gasteiger partial charge in [0.05, 0.1) is 17.7 Å². The molecule has 49 heavy (non-hydrogen) atoms. The number of aryl methyl sites for hydroxylation is 2. The van der Waals surface area contributed by atoms with Crippen LogP contribution in [-0.2, 0) is 23.9 Å². The second-order valence-corrected chi connectivity index (χ2v) is 10.3. The molecule has 3 aromatic rings. The summed E-state index contributed by atoms with van der Waals surface area (Å²) in [6.07, 6.45) is 3.21. The monoisotopic (exact) mass is 672 g/mol. The smallest absolute Gasteiger partial charge is 0.343 e. The van der Waals surface area contributed by atoms with E-state index in [4.69, 9.17) is 33.2 Å². The third-order valence-electron chi connectivity index (χ3n) is 6.97. The van der Waals surface area contributed by atoms with Crippen LogP contribution in [0.25, 0.3) is 0 Å². The Morgan fingerprint density at radius 3 is 1.67 bits per heavy atom. The van der Waals surface area contributed by atoms with Crippen molar-refractivity contribution in [2.24, 2.45) is 0 Å². The van der Waals surface area contributed by atoms with Gasteiger partial charge in [-0.15, -0.1) is 0 Å². The zero-order valence-electron chi connectivity index (χ0n) is 27.6. The molecule has 3 aromatic carbocycles. The molecule has 0 spiro atoms. The lowest BCUT2D eigenvalue weighted by Gasteiger charge is -2.17. The Kier molecular flexibility index (Phi) is 13.4. The summed E-state index contributed by atoms with van der Waals surface area (Å²) in [4.78, 5) is 60.6. The van der Waals surface area contributed by atoms with Gasteiger partial charge in [-0.1, -0.05) is 19.7 Å². The summed E-state index contributed by atoms with van der Waals surface area (Å²) in [5.74, 6) is -1.67.